The Kier molecular flexibility index (Phi) is 7.41. The van der Waals surface area contributed by atoms with Gasteiger partial charge in [0.25, 0.3) is 0 Å². The molecule has 4 aromatic carbocycles. The van der Waals surface area contributed by atoms with Gasteiger partial charge in [0.1, 0.15) is 0 Å². The van der Waals surface area contributed by atoms with Crippen LogP contribution in [0.2, 0.25) is 0 Å². The molecule has 0 saturated heterocycles. The molecule has 0 atom stereocenters. The van der Waals surface area contributed by atoms with Gasteiger partial charge in [0.2, 0.25) is 0 Å². The Morgan fingerprint density at radius 1 is 0.360 bits per heavy atom. The third kappa shape index (κ3) is 5.47. The Labute approximate surface area is 289 Å². The highest BCUT2D eigenvalue weighted by Gasteiger charge is 2.16. The lowest BCUT2D eigenvalue weighted by molar-refractivity contribution is 1.22. The van der Waals surface area contributed by atoms with Gasteiger partial charge in [-0.25, -0.2) is 9.97 Å². The monoisotopic (exact) mass is 639 g/mol. The van der Waals surface area contributed by atoms with Crippen LogP contribution in [0.3, 0.4) is 0 Å². The van der Waals surface area contributed by atoms with E-state index in [1.54, 1.807) is 18.6 Å². The molecule has 234 valence electrons. The first kappa shape index (κ1) is 29.3. The summed E-state index contributed by atoms with van der Waals surface area (Å²) >= 11 is 0. The summed E-state index contributed by atoms with van der Waals surface area (Å²) in [4.78, 5) is 23.7. The molecule has 9 rings (SSSR count). The predicted octanol–water partition coefficient (Wildman–Crippen LogP) is 11.0. The van der Waals surface area contributed by atoms with Crippen molar-refractivity contribution in [3.63, 3.8) is 0 Å². The van der Waals surface area contributed by atoms with Gasteiger partial charge in [0, 0.05) is 46.5 Å². The van der Waals surface area contributed by atoms with Crippen LogP contribution in [0.4, 0.5) is 0 Å². The number of hydrogen-bond donors (Lipinski definition) is 0. The summed E-state index contributed by atoms with van der Waals surface area (Å²) in [5.41, 5.74) is 12.9. The van der Waals surface area contributed by atoms with Crippen molar-refractivity contribution in [1.82, 2.24) is 24.9 Å². The Hall–Kier alpha value is -6.85. The van der Waals surface area contributed by atoms with E-state index in [9.17, 15) is 0 Å². The molecule has 0 unspecified atom stereocenters. The molecular weight excluding hydrogens is 611 g/mol. The van der Waals surface area contributed by atoms with Gasteiger partial charge in [0.05, 0.1) is 34.0 Å². The highest BCUT2D eigenvalue weighted by Crippen LogP contribution is 2.40. The zero-order valence-corrected chi connectivity index (χ0v) is 27.0. The maximum Gasteiger partial charge on any atom is 0.0900 e. The van der Waals surface area contributed by atoms with Crippen LogP contribution in [0.15, 0.2) is 176 Å². The largest absolute Gasteiger partial charge is 0.264 e. The first-order valence-electron chi connectivity index (χ1n) is 16.6. The average Bonchev–Trinajstić information content (AvgIpc) is 3.21. The van der Waals surface area contributed by atoms with Gasteiger partial charge in [-0.2, -0.15) is 0 Å². The lowest BCUT2D eigenvalue weighted by Crippen LogP contribution is -1.94. The normalized spacial score (nSPS) is 11.2. The molecule has 0 aliphatic carbocycles. The SMILES string of the molecule is c1ccc(-c2cccc3c(-c4cccnc4)nc4ccc(-c5ccc(-c6cc(-c7ccccn7)nc(-c7ccccn7)c6)cc5)cc4c23)cc1. The molecule has 0 spiro atoms. The molecule has 0 saturated carbocycles. The van der Waals surface area contributed by atoms with Gasteiger partial charge in [0.15, 0.2) is 0 Å². The lowest BCUT2D eigenvalue weighted by Gasteiger charge is -2.15. The summed E-state index contributed by atoms with van der Waals surface area (Å²) in [5, 5.41) is 3.40. The van der Waals surface area contributed by atoms with Gasteiger partial charge in [-0.05, 0) is 94.0 Å². The summed E-state index contributed by atoms with van der Waals surface area (Å²) in [6.45, 7) is 0. The van der Waals surface area contributed by atoms with E-state index >= 15 is 0 Å². The Morgan fingerprint density at radius 3 is 1.68 bits per heavy atom. The van der Waals surface area contributed by atoms with Crippen molar-refractivity contribution in [2.24, 2.45) is 0 Å². The van der Waals surface area contributed by atoms with E-state index in [0.29, 0.717) is 0 Å². The van der Waals surface area contributed by atoms with Crippen LogP contribution in [0.1, 0.15) is 0 Å². The molecule has 50 heavy (non-hydrogen) atoms. The third-order valence-corrected chi connectivity index (χ3v) is 9.07. The molecular formula is C45H29N5. The van der Waals surface area contributed by atoms with E-state index in [0.717, 1.165) is 72.6 Å². The summed E-state index contributed by atoms with van der Waals surface area (Å²) < 4.78 is 0. The zero-order chi connectivity index (χ0) is 33.3. The molecule has 0 amide bonds. The number of fused-ring (bicyclic) bond motifs is 3. The fourth-order valence-corrected chi connectivity index (χ4v) is 6.66. The minimum absolute atomic E-state index is 0.807. The first-order chi connectivity index (χ1) is 24.8. The first-order valence-corrected chi connectivity index (χ1v) is 16.6. The highest BCUT2D eigenvalue weighted by molar-refractivity contribution is 6.17. The number of pyridine rings is 5. The van der Waals surface area contributed by atoms with E-state index in [4.69, 9.17) is 9.97 Å². The molecule has 5 heteroatoms. The zero-order valence-electron chi connectivity index (χ0n) is 27.0. The minimum atomic E-state index is 0.807. The standard InChI is InChI=1S/C45H29N5/c1-2-10-32(11-3-1)36-13-8-14-37-44(36)38-26-33(21-22-39(38)50-45(37)34-12-9-23-46-29-34)30-17-19-31(20-18-30)35-27-42(40-15-4-6-24-47-40)49-43(28-35)41-16-5-7-25-48-41/h1-29H. The van der Waals surface area contributed by atoms with Crippen LogP contribution in [0, 0.1) is 0 Å². The minimum Gasteiger partial charge on any atom is -0.264 e. The van der Waals surface area contributed by atoms with Gasteiger partial charge < -0.3 is 0 Å². The number of benzene rings is 4. The van der Waals surface area contributed by atoms with Crippen LogP contribution in [0.25, 0.3) is 89.1 Å². The topological polar surface area (TPSA) is 64.5 Å². The van der Waals surface area contributed by atoms with E-state index in [1.165, 1.54) is 16.5 Å². The van der Waals surface area contributed by atoms with Crippen molar-refractivity contribution in [1.29, 1.82) is 0 Å². The van der Waals surface area contributed by atoms with E-state index < -0.39 is 0 Å². The molecule has 0 bridgehead atoms. The van der Waals surface area contributed by atoms with Gasteiger partial charge in [-0.3, -0.25) is 15.0 Å². The second kappa shape index (κ2) is 12.6. The van der Waals surface area contributed by atoms with Crippen LogP contribution in [0.5, 0.6) is 0 Å². The maximum absolute atomic E-state index is 5.21. The fraction of sp³-hybridized carbons (Fsp3) is 0. The van der Waals surface area contributed by atoms with Gasteiger partial charge in [-0.1, -0.05) is 91.0 Å². The van der Waals surface area contributed by atoms with Crippen LogP contribution in [-0.2, 0) is 0 Å². The summed E-state index contributed by atoms with van der Waals surface area (Å²) in [5.74, 6) is 0. The van der Waals surface area contributed by atoms with E-state index in [2.05, 4.69) is 124 Å². The van der Waals surface area contributed by atoms with E-state index in [1.807, 2.05) is 48.7 Å². The van der Waals surface area contributed by atoms with Crippen molar-refractivity contribution < 1.29 is 0 Å². The third-order valence-electron chi connectivity index (χ3n) is 9.07. The molecule has 5 heterocycles. The summed E-state index contributed by atoms with van der Waals surface area (Å²) in [6, 6.07) is 52.4. The smallest absolute Gasteiger partial charge is 0.0900 e. The van der Waals surface area contributed by atoms with E-state index in [-0.39, 0.29) is 0 Å². The summed E-state index contributed by atoms with van der Waals surface area (Å²) in [6.07, 6.45) is 7.28. The fourth-order valence-electron chi connectivity index (χ4n) is 6.66. The second-order valence-corrected chi connectivity index (χ2v) is 12.2. The van der Waals surface area contributed by atoms with Gasteiger partial charge >= 0.3 is 0 Å². The van der Waals surface area contributed by atoms with Crippen LogP contribution in [-0.4, -0.2) is 24.9 Å². The maximum atomic E-state index is 5.21. The molecule has 0 aliphatic heterocycles. The Balaban J connectivity index is 1.17. The lowest BCUT2D eigenvalue weighted by atomic mass is 9.91. The summed E-state index contributed by atoms with van der Waals surface area (Å²) in [7, 11) is 0. The molecule has 0 fully saturated rings. The number of aromatic nitrogens is 5. The quantitative estimate of drug-likeness (QED) is 0.169. The number of nitrogens with zero attached hydrogens (tertiary/aromatic N) is 5. The molecule has 5 nitrogen and oxygen atoms in total. The predicted molar refractivity (Wildman–Crippen MR) is 203 cm³/mol. The Bertz CT molecular complexity index is 2550. The molecule has 9 aromatic rings. The average molecular weight is 640 g/mol. The highest BCUT2D eigenvalue weighted by atomic mass is 14.8. The van der Waals surface area contributed by atoms with Crippen LogP contribution < -0.4 is 0 Å². The van der Waals surface area contributed by atoms with Crippen molar-refractivity contribution in [3.8, 4) is 67.4 Å². The second-order valence-electron chi connectivity index (χ2n) is 12.2. The molecule has 0 aliphatic rings. The van der Waals surface area contributed by atoms with Gasteiger partial charge in [-0.15, -0.1) is 0 Å². The number of rotatable bonds is 6. The van der Waals surface area contributed by atoms with Crippen molar-refractivity contribution in [3.05, 3.63) is 176 Å². The molecule has 0 radical (unpaired) electrons. The van der Waals surface area contributed by atoms with Crippen molar-refractivity contribution in [2.45, 2.75) is 0 Å². The van der Waals surface area contributed by atoms with Crippen molar-refractivity contribution >= 4 is 21.7 Å². The molecule has 5 aromatic heterocycles. The molecule has 0 N–H and O–H groups in total. The van der Waals surface area contributed by atoms with Crippen LogP contribution >= 0.6 is 0 Å². The number of hydrogen-bond acceptors (Lipinski definition) is 5. The Morgan fingerprint density at radius 2 is 1.02 bits per heavy atom. The van der Waals surface area contributed by atoms with Crippen molar-refractivity contribution in [2.75, 3.05) is 0 Å².